The lowest BCUT2D eigenvalue weighted by Gasteiger charge is -2.14. The molecule has 0 radical (unpaired) electrons. The van der Waals surface area contributed by atoms with Crippen LogP contribution in [0.25, 0.3) is 6.08 Å². The van der Waals surface area contributed by atoms with Crippen LogP contribution in [0.15, 0.2) is 60.7 Å². The topological polar surface area (TPSA) is 124 Å². The van der Waals surface area contributed by atoms with Crippen LogP contribution < -0.4 is 5.73 Å². The van der Waals surface area contributed by atoms with Crippen LogP contribution in [-0.4, -0.2) is 34.8 Å². The van der Waals surface area contributed by atoms with Crippen molar-refractivity contribution >= 4 is 29.7 Å². The quantitative estimate of drug-likeness (QED) is 0.338. The summed E-state index contributed by atoms with van der Waals surface area (Å²) in [7, 11) is 0. The monoisotopic (exact) mass is 353 g/mol. The van der Waals surface area contributed by atoms with Gasteiger partial charge in [-0.15, -0.1) is 0 Å². The van der Waals surface area contributed by atoms with Crippen molar-refractivity contribution in [1.29, 1.82) is 0 Å². The first-order valence-electron chi connectivity index (χ1n) is 7.49. The first-order valence-corrected chi connectivity index (χ1v) is 7.49. The fraction of sp³-hybridized carbons (Fsp3) is 0.0526. The molecule has 0 fully saturated rings. The molecule has 1 unspecified atom stereocenters. The van der Waals surface area contributed by atoms with Gasteiger partial charge < -0.3 is 15.6 Å². The van der Waals surface area contributed by atoms with Crippen LogP contribution in [0.3, 0.4) is 0 Å². The third-order valence-corrected chi connectivity index (χ3v) is 3.34. The van der Waals surface area contributed by atoms with E-state index in [0.717, 1.165) is 6.08 Å². The number of ketones is 1. The average Bonchev–Trinajstić information content (AvgIpc) is 2.64. The van der Waals surface area contributed by atoms with Gasteiger partial charge in [-0.25, -0.2) is 9.59 Å². The largest absolute Gasteiger partial charge is 0.478 e. The fourth-order valence-corrected chi connectivity index (χ4v) is 2.07. The number of nitrogens with two attached hydrogens (primary N) is 1. The Labute approximate surface area is 148 Å². The Morgan fingerprint density at radius 1 is 0.923 bits per heavy atom. The lowest BCUT2D eigenvalue weighted by Crippen LogP contribution is -2.39. The number of rotatable bonds is 7. The fourth-order valence-electron chi connectivity index (χ4n) is 2.07. The summed E-state index contributed by atoms with van der Waals surface area (Å²) in [6, 6.07) is 13.6. The molecule has 2 aromatic rings. The van der Waals surface area contributed by atoms with E-state index in [4.69, 9.17) is 15.6 Å². The number of benzene rings is 2. The van der Waals surface area contributed by atoms with Crippen molar-refractivity contribution in [2.45, 2.75) is 6.10 Å². The zero-order chi connectivity index (χ0) is 19.1. The summed E-state index contributed by atoms with van der Waals surface area (Å²) in [5, 5.41) is 8.58. The van der Waals surface area contributed by atoms with E-state index in [1.807, 2.05) is 0 Å². The van der Waals surface area contributed by atoms with E-state index in [1.54, 1.807) is 18.2 Å². The smallest absolute Gasteiger partial charge is 0.339 e. The molecule has 0 aliphatic rings. The van der Waals surface area contributed by atoms with Crippen molar-refractivity contribution in [2.75, 3.05) is 0 Å². The van der Waals surface area contributed by atoms with Crippen LogP contribution in [0.5, 0.6) is 0 Å². The summed E-state index contributed by atoms with van der Waals surface area (Å²) in [5.41, 5.74) is 6.02. The molecule has 0 aliphatic heterocycles. The molecular formula is C19H15NO6. The molecule has 0 saturated carbocycles. The molecule has 1 amide bonds. The van der Waals surface area contributed by atoms with Crippen molar-refractivity contribution in [1.82, 2.24) is 0 Å². The Morgan fingerprint density at radius 2 is 1.54 bits per heavy atom. The van der Waals surface area contributed by atoms with E-state index in [-0.39, 0.29) is 11.1 Å². The van der Waals surface area contributed by atoms with Crippen molar-refractivity contribution in [3.05, 3.63) is 77.4 Å². The zero-order valence-electron chi connectivity index (χ0n) is 13.5. The highest BCUT2D eigenvalue weighted by Gasteiger charge is 2.30. The second-order valence-corrected chi connectivity index (χ2v) is 5.21. The molecular weight excluding hydrogens is 338 g/mol. The number of Topliss-reactive ketones (excluding diaryl/α,β-unsaturated/α-hetero) is 1. The first kappa shape index (κ1) is 18.6. The maximum absolute atomic E-state index is 12.3. The minimum Gasteiger partial charge on any atom is -0.478 e. The normalized spacial score (nSPS) is 11.7. The van der Waals surface area contributed by atoms with Gasteiger partial charge in [-0.3, -0.25) is 9.59 Å². The number of carbonyl (C=O) groups is 4. The third kappa shape index (κ3) is 4.88. The van der Waals surface area contributed by atoms with Crippen molar-refractivity contribution in [3.8, 4) is 0 Å². The third-order valence-electron chi connectivity index (χ3n) is 3.34. The van der Waals surface area contributed by atoms with Crippen LogP contribution in [0.1, 0.15) is 26.3 Å². The number of amides is 1. The zero-order valence-corrected chi connectivity index (χ0v) is 13.5. The summed E-state index contributed by atoms with van der Waals surface area (Å²) in [4.78, 5) is 46.5. The van der Waals surface area contributed by atoms with E-state index in [1.165, 1.54) is 42.5 Å². The Hall–Kier alpha value is -3.74. The average molecular weight is 353 g/mol. The number of hydrogen-bond acceptors (Lipinski definition) is 5. The van der Waals surface area contributed by atoms with Crippen molar-refractivity contribution < 1.29 is 29.0 Å². The van der Waals surface area contributed by atoms with Crippen LogP contribution >= 0.6 is 0 Å². The Bertz CT molecular complexity index is 855. The van der Waals surface area contributed by atoms with Gasteiger partial charge in [0.25, 0.3) is 5.91 Å². The van der Waals surface area contributed by atoms with Gasteiger partial charge in [0.15, 0.2) is 0 Å². The summed E-state index contributed by atoms with van der Waals surface area (Å²) >= 11 is 0. The molecule has 0 bridgehead atoms. The predicted octanol–water partition coefficient (Wildman–Crippen LogP) is 1.68. The number of hydrogen-bond donors (Lipinski definition) is 2. The minimum absolute atomic E-state index is 0.0876. The molecule has 132 valence electrons. The van der Waals surface area contributed by atoms with E-state index >= 15 is 0 Å². The van der Waals surface area contributed by atoms with E-state index < -0.39 is 29.7 Å². The standard InChI is InChI=1S/C19H15NO6/c20-18(24)17(16(23)13-4-2-1-3-5-13)26-19(25)14-9-6-12(7-10-14)8-11-15(21)22/h1-11,17H,(H2,20,24)(H,21,22)/b11-8+. The summed E-state index contributed by atoms with van der Waals surface area (Å²) in [6.07, 6.45) is 0.564. The van der Waals surface area contributed by atoms with Crippen LogP contribution in [0, 0.1) is 0 Å². The van der Waals surface area contributed by atoms with E-state index in [0.29, 0.717) is 5.56 Å². The minimum atomic E-state index is -1.74. The summed E-state index contributed by atoms with van der Waals surface area (Å²) in [5.74, 6) is -3.79. The lowest BCUT2D eigenvalue weighted by atomic mass is 10.1. The summed E-state index contributed by atoms with van der Waals surface area (Å²) < 4.78 is 4.98. The molecule has 0 aliphatic carbocycles. The van der Waals surface area contributed by atoms with Crippen LogP contribution in [0.2, 0.25) is 0 Å². The molecule has 2 aromatic carbocycles. The van der Waals surface area contributed by atoms with Crippen molar-refractivity contribution in [3.63, 3.8) is 0 Å². The van der Waals surface area contributed by atoms with Gasteiger partial charge in [-0.05, 0) is 23.8 Å². The molecule has 26 heavy (non-hydrogen) atoms. The van der Waals surface area contributed by atoms with Gasteiger partial charge in [0.2, 0.25) is 11.9 Å². The highest BCUT2D eigenvalue weighted by Crippen LogP contribution is 2.12. The Morgan fingerprint density at radius 3 is 2.08 bits per heavy atom. The maximum atomic E-state index is 12.3. The van der Waals surface area contributed by atoms with E-state index in [9.17, 15) is 19.2 Å². The second-order valence-electron chi connectivity index (χ2n) is 5.21. The SMILES string of the molecule is NC(=O)C(OC(=O)c1ccc(/C=C/C(=O)O)cc1)C(=O)c1ccccc1. The number of ether oxygens (including phenoxy) is 1. The Balaban J connectivity index is 2.14. The number of aliphatic carboxylic acids is 1. The highest BCUT2D eigenvalue weighted by atomic mass is 16.6. The van der Waals surface area contributed by atoms with Gasteiger partial charge in [-0.2, -0.15) is 0 Å². The van der Waals surface area contributed by atoms with Crippen molar-refractivity contribution in [2.24, 2.45) is 5.73 Å². The van der Waals surface area contributed by atoms with E-state index in [2.05, 4.69) is 0 Å². The van der Waals surface area contributed by atoms with Crippen LogP contribution in [-0.2, 0) is 14.3 Å². The molecule has 0 spiro atoms. The number of carboxylic acid groups (broad SMARTS) is 1. The maximum Gasteiger partial charge on any atom is 0.339 e. The lowest BCUT2D eigenvalue weighted by molar-refractivity contribution is -0.131. The van der Waals surface area contributed by atoms with Gasteiger partial charge in [-0.1, -0.05) is 42.5 Å². The number of carbonyl (C=O) groups excluding carboxylic acids is 3. The molecule has 0 heterocycles. The van der Waals surface area contributed by atoms with Gasteiger partial charge in [0.05, 0.1) is 5.56 Å². The molecule has 1 atom stereocenters. The summed E-state index contributed by atoms with van der Waals surface area (Å²) in [6.45, 7) is 0. The number of primary amides is 1. The van der Waals surface area contributed by atoms with Gasteiger partial charge in [0.1, 0.15) is 0 Å². The molecule has 7 nitrogen and oxygen atoms in total. The number of carboxylic acids is 1. The molecule has 0 saturated heterocycles. The predicted molar refractivity (Wildman–Crippen MR) is 92.3 cm³/mol. The van der Waals surface area contributed by atoms with Gasteiger partial charge in [0, 0.05) is 11.6 Å². The molecule has 7 heteroatoms. The first-order chi connectivity index (χ1) is 12.4. The molecule has 2 rings (SSSR count). The molecule has 0 aromatic heterocycles. The van der Waals surface area contributed by atoms with Crippen LogP contribution in [0.4, 0.5) is 0 Å². The second kappa shape index (κ2) is 8.39. The number of esters is 1. The highest BCUT2D eigenvalue weighted by molar-refractivity contribution is 6.13. The van der Waals surface area contributed by atoms with Gasteiger partial charge >= 0.3 is 11.9 Å². The Kier molecular flexibility index (Phi) is 6.00. The molecule has 3 N–H and O–H groups in total.